The van der Waals surface area contributed by atoms with Crippen molar-refractivity contribution in [2.24, 2.45) is 0 Å². The molecule has 0 radical (unpaired) electrons. The first-order chi connectivity index (χ1) is 5.77. The molecule has 62 valence electrons. The van der Waals surface area contributed by atoms with Crippen molar-refractivity contribution < 1.29 is 0 Å². The molecule has 4 nitrogen and oxygen atoms in total. The zero-order valence-corrected chi connectivity index (χ0v) is 7.10. The SMILES string of the molecule is CN(C)c1ccn2nccc2n1. The minimum Gasteiger partial charge on any atom is -0.363 e. The molecule has 2 aromatic heterocycles. The molecule has 0 aliphatic heterocycles. The molecule has 2 aromatic rings. The third kappa shape index (κ3) is 1.01. The molecule has 0 fully saturated rings. The summed E-state index contributed by atoms with van der Waals surface area (Å²) in [6.07, 6.45) is 3.64. The number of hydrogen-bond acceptors (Lipinski definition) is 3. The van der Waals surface area contributed by atoms with Crippen molar-refractivity contribution in [1.82, 2.24) is 14.6 Å². The molecular formula is C8H10N4. The monoisotopic (exact) mass is 162 g/mol. The molecule has 2 heterocycles. The normalized spacial score (nSPS) is 10.5. The van der Waals surface area contributed by atoms with E-state index < -0.39 is 0 Å². The molecule has 0 spiro atoms. The Labute approximate surface area is 70.4 Å². The van der Waals surface area contributed by atoms with E-state index in [1.807, 2.05) is 37.3 Å². The highest BCUT2D eigenvalue weighted by Crippen LogP contribution is 2.07. The Hall–Kier alpha value is -1.58. The second-order valence-corrected chi connectivity index (χ2v) is 2.81. The van der Waals surface area contributed by atoms with Crippen molar-refractivity contribution >= 4 is 11.5 Å². The molecule has 0 atom stereocenters. The van der Waals surface area contributed by atoms with Gasteiger partial charge in [-0.05, 0) is 6.07 Å². The molecule has 0 aromatic carbocycles. The van der Waals surface area contributed by atoms with E-state index >= 15 is 0 Å². The van der Waals surface area contributed by atoms with E-state index in [1.54, 1.807) is 10.7 Å². The largest absolute Gasteiger partial charge is 0.363 e. The van der Waals surface area contributed by atoms with Crippen LogP contribution in [0, 0.1) is 0 Å². The van der Waals surface area contributed by atoms with Gasteiger partial charge in [-0.2, -0.15) is 5.10 Å². The highest BCUT2D eigenvalue weighted by Gasteiger charge is 1.98. The number of fused-ring (bicyclic) bond motifs is 1. The van der Waals surface area contributed by atoms with Crippen LogP contribution in [0.5, 0.6) is 0 Å². The fraction of sp³-hybridized carbons (Fsp3) is 0.250. The van der Waals surface area contributed by atoms with Gasteiger partial charge in [-0.3, -0.25) is 0 Å². The van der Waals surface area contributed by atoms with Crippen LogP contribution in [-0.2, 0) is 0 Å². The van der Waals surface area contributed by atoms with E-state index in [4.69, 9.17) is 0 Å². The van der Waals surface area contributed by atoms with Crippen molar-refractivity contribution in [3.63, 3.8) is 0 Å². The summed E-state index contributed by atoms with van der Waals surface area (Å²) in [5, 5.41) is 4.05. The quantitative estimate of drug-likeness (QED) is 0.621. The molecule has 0 aliphatic carbocycles. The van der Waals surface area contributed by atoms with Crippen LogP contribution in [0.1, 0.15) is 0 Å². The summed E-state index contributed by atoms with van der Waals surface area (Å²) in [5.41, 5.74) is 0.876. The Morgan fingerprint density at radius 1 is 1.33 bits per heavy atom. The number of anilines is 1. The predicted octanol–water partition coefficient (Wildman–Crippen LogP) is 0.795. The molecule has 4 heteroatoms. The Kier molecular flexibility index (Phi) is 1.46. The third-order valence-corrected chi connectivity index (χ3v) is 1.70. The van der Waals surface area contributed by atoms with Gasteiger partial charge in [0.25, 0.3) is 0 Å². The van der Waals surface area contributed by atoms with E-state index in [-0.39, 0.29) is 0 Å². The second kappa shape index (κ2) is 2.48. The summed E-state index contributed by atoms with van der Waals surface area (Å²) in [6, 6.07) is 3.81. The van der Waals surface area contributed by atoms with Crippen LogP contribution in [0.4, 0.5) is 5.82 Å². The summed E-state index contributed by atoms with van der Waals surface area (Å²) in [6.45, 7) is 0. The number of rotatable bonds is 1. The fourth-order valence-corrected chi connectivity index (χ4v) is 1.05. The number of nitrogens with zero attached hydrogens (tertiary/aromatic N) is 4. The highest BCUT2D eigenvalue weighted by atomic mass is 15.3. The first kappa shape index (κ1) is 7.09. The molecule has 0 unspecified atom stereocenters. The molecular weight excluding hydrogens is 152 g/mol. The molecule has 0 saturated carbocycles. The predicted molar refractivity (Wildman–Crippen MR) is 47.3 cm³/mol. The Balaban J connectivity index is 2.60. The van der Waals surface area contributed by atoms with Crippen LogP contribution in [0.25, 0.3) is 5.65 Å². The van der Waals surface area contributed by atoms with E-state index in [0.29, 0.717) is 0 Å². The van der Waals surface area contributed by atoms with Crippen LogP contribution in [0.15, 0.2) is 24.5 Å². The number of hydrogen-bond donors (Lipinski definition) is 0. The second-order valence-electron chi connectivity index (χ2n) is 2.81. The average Bonchev–Trinajstić information content (AvgIpc) is 2.49. The van der Waals surface area contributed by atoms with E-state index in [1.165, 1.54) is 0 Å². The van der Waals surface area contributed by atoms with Gasteiger partial charge in [0.2, 0.25) is 0 Å². The summed E-state index contributed by atoms with van der Waals surface area (Å²) in [5.74, 6) is 0.947. The maximum absolute atomic E-state index is 4.36. The van der Waals surface area contributed by atoms with Gasteiger partial charge in [0, 0.05) is 26.4 Å². The summed E-state index contributed by atoms with van der Waals surface area (Å²) < 4.78 is 1.74. The van der Waals surface area contributed by atoms with Gasteiger partial charge in [-0.1, -0.05) is 0 Å². The number of aromatic nitrogens is 3. The molecule has 0 bridgehead atoms. The minimum atomic E-state index is 0.876. The summed E-state index contributed by atoms with van der Waals surface area (Å²) in [4.78, 5) is 6.33. The Bertz CT molecular complexity index is 391. The smallest absolute Gasteiger partial charge is 0.157 e. The van der Waals surface area contributed by atoms with Crippen molar-refractivity contribution in [2.75, 3.05) is 19.0 Å². The van der Waals surface area contributed by atoms with Gasteiger partial charge in [0.1, 0.15) is 5.82 Å². The molecule has 0 amide bonds. The minimum absolute atomic E-state index is 0.876. The maximum atomic E-state index is 4.36. The van der Waals surface area contributed by atoms with Gasteiger partial charge in [0.05, 0.1) is 6.20 Å². The maximum Gasteiger partial charge on any atom is 0.157 e. The van der Waals surface area contributed by atoms with Crippen LogP contribution >= 0.6 is 0 Å². The summed E-state index contributed by atoms with van der Waals surface area (Å²) in [7, 11) is 3.93. The van der Waals surface area contributed by atoms with E-state index in [9.17, 15) is 0 Å². The molecule has 0 saturated heterocycles. The van der Waals surface area contributed by atoms with Crippen LogP contribution in [0.2, 0.25) is 0 Å². The zero-order valence-electron chi connectivity index (χ0n) is 7.10. The molecule has 2 rings (SSSR count). The van der Waals surface area contributed by atoms with Gasteiger partial charge in [0.15, 0.2) is 5.65 Å². The zero-order chi connectivity index (χ0) is 8.55. The highest BCUT2D eigenvalue weighted by molar-refractivity contribution is 5.46. The lowest BCUT2D eigenvalue weighted by Gasteiger charge is -2.10. The van der Waals surface area contributed by atoms with Gasteiger partial charge < -0.3 is 4.90 Å². The lowest BCUT2D eigenvalue weighted by atomic mass is 10.5. The van der Waals surface area contributed by atoms with Crippen LogP contribution in [-0.4, -0.2) is 28.7 Å². The summed E-state index contributed by atoms with van der Waals surface area (Å²) >= 11 is 0. The third-order valence-electron chi connectivity index (χ3n) is 1.70. The van der Waals surface area contributed by atoms with Crippen LogP contribution in [0.3, 0.4) is 0 Å². The van der Waals surface area contributed by atoms with Gasteiger partial charge in [-0.25, -0.2) is 9.50 Å². The van der Waals surface area contributed by atoms with Crippen molar-refractivity contribution in [3.05, 3.63) is 24.5 Å². The van der Waals surface area contributed by atoms with Crippen LogP contribution < -0.4 is 4.90 Å². The first-order valence-electron chi connectivity index (χ1n) is 3.75. The molecule has 0 aliphatic rings. The van der Waals surface area contributed by atoms with Crippen molar-refractivity contribution in [2.45, 2.75) is 0 Å². The van der Waals surface area contributed by atoms with Gasteiger partial charge >= 0.3 is 0 Å². The van der Waals surface area contributed by atoms with Gasteiger partial charge in [-0.15, -0.1) is 0 Å². The molecule has 12 heavy (non-hydrogen) atoms. The average molecular weight is 162 g/mol. The lowest BCUT2D eigenvalue weighted by Crippen LogP contribution is -2.10. The lowest BCUT2D eigenvalue weighted by molar-refractivity contribution is 0.928. The van der Waals surface area contributed by atoms with Crippen molar-refractivity contribution in [3.8, 4) is 0 Å². The fourth-order valence-electron chi connectivity index (χ4n) is 1.05. The molecule has 0 N–H and O–H groups in total. The van der Waals surface area contributed by atoms with E-state index in [2.05, 4.69) is 10.1 Å². The topological polar surface area (TPSA) is 33.4 Å². The van der Waals surface area contributed by atoms with Crippen molar-refractivity contribution in [1.29, 1.82) is 0 Å². The van der Waals surface area contributed by atoms with E-state index in [0.717, 1.165) is 11.5 Å². The standard InChI is InChI=1S/C8H10N4/c1-11(2)7-4-6-12-8(10-7)3-5-9-12/h3-6H,1-2H3. The Morgan fingerprint density at radius 3 is 2.92 bits per heavy atom. The Morgan fingerprint density at radius 2 is 2.17 bits per heavy atom. The first-order valence-corrected chi connectivity index (χ1v) is 3.75.